The largest absolute Gasteiger partial charge is 1.00 e. The molecule has 0 aliphatic rings. The van der Waals surface area contributed by atoms with Crippen LogP contribution in [0.25, 0.3) is 0 Å². The van der Waals surface area contributed by atoms with Gasteiger partial charge in [0.05, 0.1) is 6.20 Å². The molecule has 0 fully saturated rings. The predicted molar refractivity (Wildman–Crippen MR) is 37.1 cm³/mol. The second-order valence-corrected chi connectivity index (χ2v) is 1.94. The molecule has 1 heterocycles. The highest BCUT2D eigenvalue weighted by Crippen LogP contribution is 1.88. The average molecular weight is 173 g/mol. The molecule has 0 amide bonds. The average Bonchev–Trinajstić information content (AvgIpc) is 1.94. The second-order valence-electron chi connectivity index (χ2n) is 1.94. The Labute approximate surface area is 71.2 Å². The minimum absolute atomic E-state index is 0. The standard InChI is InChI=1S/C7H8N2O.ClH/c8-7-3-1-2-4-9(7)5-6-10;/h1-4,6,8H,5H2;1H. The highest BCUT2D eigenvalue weighted by Gasteiger charge is 1.98. The molecule has 2 N–H and O–H groups in total. The van der Waals surface area contributed by atoms with Crippen LogP contribution in [-0.4, -0.2) is 6.29 Å². The molecule has 0 saturated carbocycles. The van der Waals surface area contributed by atoms with E-state index in [2.05, 4.69) is 0 Å². The number of anilines is 1. The molecule has 0 atom stereocenters. The molecule has 4 heteroatoms. The summed E-state index contributed by atoms with van der Waals surface area (Å²) < 4.78 is 1.67. The monoisotopic (exact) mass is 172 g/mol. The van der Waals surface area contributed by atoms with Crippen LogP contribution in [-0.2, 0) is 11.3 Å². The van der Waals surface area contributed by atoms with Gasteiger partial charge in [-0.05, 0) is 6.07 Å². The van der Waals surface area contributed by atoms with Crippen molar-refractivity contribution in [2.75, 3.05) is 5.73 Å². The molecule has 0 aliphatic carbocycles. The fourth-order valence-corrected chi connectivity index (χ4v) is 0.736. The number of nitrogens with two attached hydrogens (primary N) is 1. The Morgan fingerprint density at radius 3 is 2.82 bits per heavy atom. The van der Waals surface area contributed by atoms with E-state index in [-0.39, 0.29) is 12.4 Å². The molecule has 0 bridgehead atoms. The molecular weight excluding hydrogens is 164 g/mol. The van der Waals surface area contributed by atoms with E-state index in [4.69, 9.17) is 5.73 Å². The first-order valence-corrected chi connectivity index (χ1v) is 3.02. The van der Waals surface area contributed by atoms with Crippen LogP contribution < -0.4 is 22.7 Å². The van der Waals surface area contributed by atoms with Gasteiger partial charge in [-0.2, -0.15) is 0 Å². The molecule has 0 saturated heterocycles. The third-order valence-corrected chi connectivity index (χ3v) is 1.25. The van der Waals surface area contributed by atoms with E-state index in [0.29, 0.717) is 12.4 Å². The van der Waals surface area contributed by atoms with Crippen molar-refractivity contribution in [2.45, 2.75) is 6.54 Å². The van der Waals surface area contributed by atoms with Gasteiger partial charge in [0.15, 0.2) is 6.29 Å². The van der Waals surface area contributed by atoms with Crippen LogP contribution in [0.1, 0.15) is 0 Å². The number of hydrogen-bond acceptors (Lipinski definition) is 2. The van der Waals surface area contributed by atoms with Crippen molar-refractivity contribution >= 4 is 12.1 Å². The zero-order valence-electron chi connectivity index (χ0n) is 5.90. The molecule has 0 radical (unpaired) electrons. The molecule has 60 valence electrons. The van der Waals surface area contributed by atoms with E-state index >= 15 is 0 Å². The first-order chi connectivity index (χ1) is 4.84. The molecule has 0 aliphatic heterocycles. The topological polar surface area (TPSA) is 47.0 Å². The lowest BCUT2D eigenvalue weighted by molar-refractivity contribution is -0.668. The van der Waals surface area contributed by atoms with Crippen molar-refractivity contribution in [1.82, 2.24) is 0 Å². The number of nitrogens with zero attached hydrogens (tertiary/aromatic N) is 1. The van der Waals surface area contributed by atoms with E-state index in [1.165, 1.54) is 0 Å². The van der Waals surface area contributed by atoms with Crippen LogP contribution in [0, 0.1) is 0 Å². The lowest BCUT2D eigenvalue weighted by atomic mass is 10.4. The Hall–Kier alpha value is -1.09. The third kappa shape index (κ3) is 2.55. The fraction of sp³-hybridized carbons (Fsp3) is 0.143. The van der Waals surface area contributed by atoms with Crippen molar-refractivity contribution in [2.24, 2.45) is 0 Å². The van der Waals surface area contributed by atoms with Crippen molar-refractivity contribution in [1.29, 1.82) is 0 Å². The zero-order valence-corrected chi connectivity index (χ0v) is 6.66. The summed E-state index contributed by atoms with van der Waals surface area (Å²) in [7, 11) is 0. The van der Waals surface area contributed by atoms with Gasteiger partial charge >= 0.3 is 0 Å². The van der Waals surface area contributed by atoms with Gasteiger partial charge in [0, 0.05) is 6.07 Å². The number of carbonyl (C=O) groups is 1. The van der Waals surface area contributed by atoms with Crippen LogP contribution in [0.3, 0.4) is 0 Å². The summed E-state index contributed by atoms with van der Waals surface area (Å²) in [4.78, 5) is 10.1. The molecule has 1 aromatic rings. The van der Waals surface area contributed by atoms with Crippen LogP contribution in [0.5, 0.6) is 0 Å². The van der Waals surface area contributed by atoms with Gasteiger partial charge < -0.3 is 12.4 Å². The summed E-state index contributed by atoms with van der Waals surface area (Å²) in [5, 5.41) is 0. The smallest absolute Gasteiger partial charge is 0.272 e. The maximum Gasteiger partial charge on any atom is 0.272 e. The molecule has 0 unspecified atom stereocenters. The molecular formula is C7H9ClN2O. The Morgan fingerprint density at radius 2 is 2.27 bits per heavy atom. The van der Waals surface area contributed by atoms with E-state index in [1.807, 2.05) is 12.1 Å². The Balaban J connectivity index is 0.000001000. The lowest BCUT2D eigenvalue weighted by Gasteiger charge is -1.94. The second kappa shape index (κ2) is 4.68. The number of halogens is 1. The number of hydrogen-bond donors (Lipinski definition) is 1. The summed E-state index contributed by atoms with van der Waals surface area (Å²) in [5.74, 6) is 0.606. The maximum absolute atomic E-state index is 10.1. The molecule has 3 nitrogen and oxygen atoms in total. The van der Waals surface area contributed by atoms with Crippen molar-refractivity contribution in [3.63, 3.8) is 0 Å². The van der Waals surface area contributed by atoms with Crippen LogP contribution in [0.15, 0.2) is 24.4 Å². The van der Waals surface area contributed by atoms with E-state index in [9.17, 15) is 4.79 Å². The van der Waals surface area contributed by atoms with Gasteiger partial charge in [0.25, 0.3) is 5.82 Å². The van der Waals surface area contributed by atoms with Gasteiger partial charge in [-0.1, -0.05) is 6.07 Å². The normalized spacial score (nSPS) is 8.36. The minimum Gasteiger partial charge on any atom is -1.00 e. The predicted octanol–water partition coefficient (Wildman–Crippen LogP) is -3.24. The Bertz CT molecular complexity index is 240. The van der Waals surface area contributed by atoms with Gasteiger partial charge in [-0.15, -0.1) is 0 Å². The van der Waals surface area contributed by atoms with E-state index in [0.717, 1.165) is 6.29 Å². The summed E-state index contributed by atoms with van der Waals surface area (Å²) in [6.45, 7) is 0.326. The van der Waals surface area contributed by atoms with Gasteiger partial charge in [-0.25, -0.2) is 4.57 Å². The molecule has 1 aromatic heterocycles. The quantitative estimate of drug-likeness (QED) is 0.377. The number of aldehydes is 1. The van der Waals surface area contributed by atoms with Crippen molar-refractivity contribution in [3.05, 3.63) is 24.4 Å². The highest BCUT2D eigenvalue weighted by atomic mass is 35.5. The third-order valence-electron chi connectivity index (χ3n) is 1.25. The lowest BCUT2D eigenvalue weighted by Crippen LogP contribution is -3.00. The maximum atomic E-state index is 10.1. The van der Waals surface area contributed by atoms with Gasteiger partial charge in [0.2, 0.25) is 0 Å². The minimum atomic E-state index is 0. The Morgan fingerprint density at radius 1 is 1.55 bits per heavy atom. The summed E-state index contributed by atoms with van der Waals surface area (Å²) in [6, 6.07) is 5.42. The van der Waals surface area contributed by atoms with E-state index < -0.39 is 0 Å². The van der Waals surface area contributed by atoms with Crippen LogP contribution >= 0.6 is 0 Å². The van der Waals surface area contributed by atoms with Gasteiger partial charge in [0.1, 0.15) is 6.54 Å². The number of aromatic nitrogens is 1. The molecule has 11 heavy (non-hydrogen) atoms. The van der Waals surface area contributed by atoms with Crippen LogP contribution in [0.4, 0.5) is 5.82 Å². The van der Waals surface area contributed by atoms with Crippen LogP contribution in [0.2, 0.25) is 0 Å². The Kier molecular flexibility index (Phi) is 4.22. The van der Waals surface area contributed by atoms with Crippen molar-refractivity contribution < 1.29 is 21.8 Å². The van der Waals surface area contributed by atoms with E-state index in [1.54, 1.807) is 16.8 Å². The number of pyridine rings is 1. The summed E-state index contributed by atoms with van der Waals surface area (Å²) in [5.41, 5.74) is 5.51. The number of rotatable bonds is 2. The van der Waals surface area contributed by atoms with Gasteiger partial charge in [-0.3, -0.25) is 10.5 Å². The molecule has 0 spiro atoms. The SMILES string of the molecule is Nc1cccc[n+]1CC=O.[Cl-]. The first kappa shape index (κ1) is 9.91. The first-order valence-electron chi connectivity index (χ1n) is 3.02. The zero-order chi connectivity index (χ0) is 7.40. The molecule has 1 rings (SSSR count). The van der Waals surface area contributed by atoms with Crippen molar-refractivity contribution in [3.8, 4) is 0 Å². The summed E-state index contributed by atoms with van der Waals surface area (Å²) in [6.07, 6.45) is 2.58. The highest BCUT2D eigenvalue weighted by molar-refractivity contribution is 5.47. The summed E-state index contributed by atoms with van der Waals surface area (Å²) >= 11 is 0. The number of carbonyl (C=O) groups excluding carboxylic acids is 1. The molecule has 0 aromatic carbocycles. The fourth-order valence-electron chi connectivity index (χ4n) is 0.736. The number of nitrogen functional groups attached to an aromatic ring is 1.